The van der Waals surface area contributed by atoms with Gasteiger partial charge >= 0.3 is 5.97 Å². The number of aliphatic carboxylic acids is 1. The van der Waals surface area contributed by atoms with Crippen LogP contribution in [0.25, 0.3) is 11.1 Å². The molecular weight excluding hydrogens is 490 g/mol. The van der Waals surface area contributed by atoms with Crippen molar-refractivity contribution in [1.82, 2.24) is 10.2 Å². The van der Waals surface area contributed by atoms with Crippen molar-refractivity contribution in [3.05, 3.63) is 90.0 Å². The van der Waals surface area contributed by atoms with Gasteiger partial charge in [-0.05, 0) is 61.9 Å². The van der Waals surface area contributed by atoms with Crippen LogP contribution in [0.2, 0.25) is 0 Å². The molecule has 0 unspecified atom stereocenters. The number of carboxylic acid groups (broad SMARTS) is 1. The van der Waals surface area contributed by atoms with Crippen molar-refractivity contribution in [2.24, 2.45) is 5.92 Å². The molecule has 3 N–H and O–H groups in total. The molecule has 3 aromatic carbocycles. The average molecular weight is 528 g/mol. The molecule has 0 bridgehead atoms. The fourth-order valence-corrected chi connectivity index (χ4v) is 5.04. The minimum atomic E-state index is -0.948. The molecule has 3 aromatic rings. The van der Waals surface area contributed by atoms with E-state index in [1.165, 1.54) is 5.56 Å². The van der Waals surface area contributed by atoms with Crippen LogP contribution in [0.4, 0.5) is 0 Å². The van der Waals surface area contributed by atoms with Gasteiger partial charge in [-0.3, -0.25) is 15.0 Å². The SMILES string of the molecule is CC(C)NC(=N)c1ccc(-c2ccc(OC[C@@H]3C[C@@H](CC(=O)O)C(=O)N3CCCc3ccccc3)cc2)cc1. The number of aryl methyl sites for hydroxylation is 1. The van der Waals surface area contributed by atoms with E-state index in [2.05, 4.69) is 17.4 Å². The van der Waals surface area contributed by atoms with Gasteiger partial charge in [0.2, 0.25) is 5.91 Å². The van der Waals surface area contributed by atoms with Crippen LogP contribution in [0, 0.1) is 11.3 Å². The highest BCUT2D eigenvalue weighted by molar-refractivity contribution is 5.96. The second kappa shape index (κ2) is 13.1. The molecule has 0 spiro atoms. The Labute approximate surface area is 230 Å². The van der Waals surface area contributed by atoms with E-state index in [0.717, 1.165) is 29.5 Å². The van der Waals surface area contributed by atoms with Gasteiger partial charge in [0.25, 0.3) is 0 Å². The molecule has 0 radical (unpaired) electrons. The number of carbonyl (C=O) groups excluding carboxylic acids is 1. The molecule has 1 aliphatic heterocycles. The Morgan fingerprint density at radius 1 is 1.03 bits per heavy atom. The van der Waals surface area contributed by atoms with Crippen LogP contribution in [0.1, 0.15) is 44.2 Å². The van der Waals surface area contributed by atoms with Crippen LogP contribution >= 0.6 is 0 Å². The monoisotopic (exact) mass is 527 g/mol. The van der Waals surface area contributed by atoms with Crippen molar-refractivity contribution >= 4 is 17.7 Å². The van der Waals surface area contributed by atoms with Crippen LogP contribution < -0.4 is 10.1 Å². The molecule has 1 saturated heterocycles. The maximum Gasteiger partial charge on any atom is 0.304 e. The minimum absolute atomic E-state index is 0.0884. The predicted octanol–water partition coefficient (Wildman–Crippen LogP) is 5.38. The smallest absolute Gasteiger partial charge is 0.304 e. The Balaban J connectivity index is 1.35. The van der Waals surface area contributed by atoms with E-state index in [-0.39, 0.29) is 24.4 Å². The Morgan fingerprint density at radius 2 is 1.67 bits per heavy atom. The van der Waals surface area contributed by atoms with Crippen molar-refractivity contribution in [1.29, 1.82) is 5.41 Å². The van der Waals surface area contributed by atoms with Crippen molar-refractivity contribution in [3.8, 4) is 16.9 Å². The number of hydrogen-bond acceptors (Lipinski definition) is 4. The van der Waals surface area contributed by atoms with Gasteiger partial charge in [0.05, 0.1) is 18.4 Å². The lowest BCUT2D eigenvalue weighted by Crippen LogP contribution is -2.38. The molecular formula is C32H37N3O4. The number of hydrogen-bond donors (Lipinski definition) is 3. The fourth-order valence-electron chi connectivity index (χ4n) is 5.04. The van der Waals surface area contributed by atoms with Crippen molar-refractivity contribution in [3.63, 3.8) is 0 Å². The number of rotatable bonds is 12. The van der Waals surface area contributed by atoms with Gasteiger partial charge in [-0.15, -0.1) is 0 Å². The molecule has 1 heterocycles. The number of carboxylic acids is 1. The number of nitrogens with zero attached hydrogens (tertiary/aromatic N) is 1. The average Bonchev–Trinajstić information content (AvgIpc) is 3.21. The number of carbonyl (C=O) groups is 2. The van der Waals surface area contributed by atoms with Gasteiger partial charge in [-0.2, -0.15) is 0 Å². The summed E-state index contributed by atoms with van der Waals surface area (Å²) in [5.41, 5.74) is 4.15. The first-order valence-corrected chi connectivity index (χ1v) is 13.5. The summed E-state index contributed by atoms with van der Waals surface area (Å²) < 4.78 is 6.09. The molecule has 0 aromatic heterocycles. The van der Waals surface area contributed by atoms with E-state index < -0.39 is 11.9 Å². The third-order valence-corrected chi connectivity index (χ3v) is 6.99. The quantitative estimate of drug-likeness (QED) is 0.217. The molecule has 204 valence electrons. The standard InChI is InChI=1S/C32H37N3O4/c1-22(2)34-31(33)26-12-10-24(11-13-26)25-14-16-29(17-15-25)39-21-28-19-27(20-30(36)37)32(38)35(28)18-6-9-23-7-4-3-5-8-23/h3-5,7-8,10-17,22,27-28H,6,9,18-21H2,1-2H3,(H2,33,34)(H,36,37)/t27-,28-/m0/s1. The van der Waals surface area contributed by atoms with E-state index >= 15 is 0 Å². The third-order valence-electron chi connectivity index (χ3n) is 6.99. The highest BCUT2D eigenvalue weighted by Crippen LogP contribution is 2.29. The van der Waals surface area contributed by atoms with Crippen LogP contribution in [-0.2, 0) is 16.0 Å². The Bertz CT molecular complexity index is 1260. The highest BCUT2D eigenvalue weighted by Gasteiger charge is 2.40. The van der Waals surface area contributed by atoms with Crippen LogP contribution in [0.3, 0.4) is 0 Å². The van der Waals surface area contributed by atoms with E-state index in [4.69, 9.17) is 10.1 Å². The number of likely N-dealkylation sites (tertiary alicyclic amines) is 1. The lowest BCUT2D eigenvalue weighted by atomic mass is 10.0. The van der Waals surface area contributed by atoms with Gasteiger partial charge in [0.1, 0.15) is 18.2 Å². The number of ether oxygens (including phenoxy) is 1. The third kappa shape index (κ3) is 7.69. The molecule has 7 nitrogen and oxygen atoms in total. The number of amides is 1. The van der Waals surface area contributed by atoms with Crippen LogP contribution in [0.5, 0.6) is 5.75 Å². The maximum absolute atomic E-state index is 13.0. The summed E-state index contributed by atoms with van der Waals surface area (Å²) in [5, 5.41) is 20.5. The first-order chi connectivity index (χ1) is 18.8. The second-order valence-electron chi connectivity index (χ2n) is 10.4. The zero-order valence-electron chi connectivity index (χ0n) is 22.6. The number of benzene rings is 3. The first-order valence-electron chi connectivity index (χ1n) is 13.5. The Kier molecular flexibility index (Phi) is 9.36. The molecule has 39 heavy (non-hydrogen) atoms. The van der Waals surface area contributed by atoms with Crippen molar-refractivity contribution < 1.29 is 19.4 Å². The lowest BCUT2D eigenvalue weighted by molar-refractivity contribution is -0.142. The fraction of sp³-hybridized carbons (Fsp3) is 0.344. The summed E-state index contributed by atoms with van der Waals surface area (Å²) in [6.45, 7) is 4.92. The lowest BCUT2D eigenvalue weighted by Gasteiger charge is -2.25. The van der Waals surface area contributed by atoms with Gasteiger partial charge in [-0.1, -0.05) is 66.7 Å². The molecule has 7 heteroatoms. The normalized spacial score (nSPS) is 16.9. The number of amidine groups is 1. The minimum Gasteiger partial charge on any atom is -0.491 e. The van der Waals surface area contributed by atoms with Gasteiger partial charge in [0, 0.05) is 18.2 Å². The van der Waals surface area contributed by atoms with Gasteiger partial charge in [-0.25, -0.2) is 0 Å². The largest absolute Gasteiger partial charge is 0.491 e. The summed E-state index contributed by atoms with van der Waals surface area (Å²) in [4.78, 5) is 26.2. The van der Waals surface area contributed by atoms with E-state index in [1.807, 2.05) is 85.5 Å². The molecule has 0 aliphatic carbocycles. The van der Waals surface area contributed by atoms with Crippen LogP contribution in [0.15, 0.2) is 78.9 Å². The van der Waals surface area contributed by atoms with Crippen LogP contribution in [-0.4, -0.2) is 53.0 Å². The van der Waals surface area contributed by atoms with Gasteiger partial charge in [0.15, 0.2) is 0 Å². The predicted molar refractivity (Wildman–Crippen MR) is 153 cm³/mol. The van der Waals surface area contributed by atoms with E-state index in [1.54, 1.807) is 0 Å². The van der Waals surface area contributed by atoms with Gasteiger partial charge < -0.3 is 20.1 Å². The molecule has 1 amide bonds. The number of nitrogens with one attached hydrogen (secondary N) is 2. The summed E-state index contributed by atoms with van der Waals surface area (Å²) in [5.74, 6) is -0.428. The first kappa shape index (κ1) is 27.9. The van der Waals surface area contributed by atoms with E-state index in [9.17, 15) is 14.7 Å². The highest BCUT2D eigenvalue weighted by atomic mass is 16.5. The summed E-state index contributed by atoms with van der Waals surface area (Å²) >= 11 is 0. The molecule has 1 fully saturated rings. The summed E-state index contributed by atoms with van der Waals surface area (Å²) in [6, 6.07) is 25.9. The molecule has 0 saturated carbocycles. The molecule has 1 aliphatic rings. The van der Waals surface area contributed by atoms with Crippen molar-refractivity contribution in [2.45, 2.75) is 51.6 Å². The Morgan fingerprint density at radius 3 is 2.28 bits per heavy atom. The summed E-state index contributed by atoms with van der Waals surface area (Å²) in [6.07, 6.45) is 2.01. The second-order valence-corrected chi connectivity index (χ2v) is 10.4. The van der Waals surface area contributed by atoms with E-state index in [0.29, 0.717) is 31.2 Å². The van der Waals surface area contributed by atoms with Crippen molar-refractivity contribution in [2.75, 3.05) is 13.2 Å². The molecule has 2 atom stereocenters. The Hall–Kier alpha value is -4.13. The zero-order chi connectivity index (χ0) is 27.8. The molecule has 4 rings (SSSR count). The topological polar surface area (TPSA) is 103 Å². The zero-order valence-corrected chi connectivity index (χ0v) is 22.6. The maximum atomic E-state index is 13.0. The summed E-state index contributed by atoms with van der Waals surface area (Å²) in [7, 11) is 0.